The van der Waals surface area contributed by atoms with Crippen LogP contribution in [-0.2, 0) is 17.8 Å². The Morgan fingerprint density at radius 1 is 1.12 bits per heavy atom. The smallest absolute Gasteiger partial charge is 0.246 e. The number of hydrogen-bond donors (Lipinski definition) is 0. The van der Waals surface area contributed by atoms with Gasteiger partial charge in [-0.2, -0.15) is 0 Å². The minimum absolute atomic E-state index is 0.0106. The highest BCUT2D eigenvalue weighted by molar-refractivity contribution is 7.12. The Balaban J connectivity index is 1.70. The van der Waals surface area contributed by atoms with Crippen LogP contribution in [0.1, 0.15) is 39.4 Å². The van der Waals surface area contributed by atoms with Gasteiger partial charge in [-0.3, -0.25) is 9.78 Å². The third-order valence-corrected chi connectivity index (χ3v) is 7.45. The molecule has 32 heavy (non-hydrogen) atoms. The fraction of sp³-hybridized carbons (Fsp3) is 0.214. The van der Waals surface area contributed by atoms with Crippen LogP contribution < -0.4 is 0 Å². The lowest BCUT2D eigenvalue weighted by Crippen LogP contribution is -2.37. The lowest BCUT2D eigenvalue weighted by Gasteiger charge is -2.33. The summed E-state index contributed by atoms with van der Waals surface area (Å²) in [6, 6.07) is 19.4. The zero-order valence-corrected chi connectivity index (χ0v) is 19.3. The first kappa shape index (κ1) is 20.7. The van der Waals surface area contributed by atoms with Crippen LogP contribution in [0.3, 0.4) is 0 Å². The largest absolute Gasteiger partial charge is 0.333 e. The number of amides is 1. The lowest BCUT2D eigenvalue weighted by atomic mass is 9.83. The van der Waals surface area contributed by atoms with Crippen molar-refractivity contribution in [3.8, 4) is 11.1 Å². The fourth-order valence-electron chi connectivity index (χ4n) is 4.91. The van der Waals surface area contributed by atoms with E-state index in [-0.39, 0.29) is 11.8 Å². The molecule has 2 aromatic heterocycles. The maximum absolute atomic E-state index is 12.6. The van der Waals surface area contributed by atoms with Crippen LogP contribution in [0, 0.1) is 6.92 Å². The van der Waals surface area contributed by atoms with Crippen LogP contribution in [0.4, 0.5) is 0 Å². The summed E-state index contributed by atoms with van der Waals surface area (Å²) in [7, 11) is 0. The number of aromatic nitrogens is 1. The van der Waals surface area contributed by atoms with Crippen molar-refractivity contribution in [2.45, 2.75) is 32.7 Å². The number of thiophene rings is 1. The van der Waals surface area contributed by atoms with Crippen LogP contribution >= 0.6 is 11.3 Å². The van der Waals surface area contributed by atoms with Gasteiger partial charge in [0, 0.05) is 45.1 Å². The molecule has 3 heterocycles. The van der Waals surface area contributed by atoms with E-state index in [0.717, 1.165) is 17.7 Å². The highest BCUT2D eigenvalue weighted by Crippen LogP contribution is 2.42. The Bertz CT molecular complexity index is 1340. The Morgan fingerprint density at radius 3 is 2.66 bits per heavy atom. The molecule has 0 bridgehead atoms. The van der Waals surface area contributed by atoms with E-state index in [1.165, 1.54) is 43.3 Å². The van der Waals surface area contributed by atoms with Crippen molar-refractivity contribution in [3.05, 3.63) is 100 Å². The number of hydrogen-bond acceptors (Lipinski definition) is 3. The Labute approximate surface area is 193 Å². The summed E-state index contributed by atoms with van der Waals surface area (Å²) in [5, 5.41) is 2.44. The number of pyridine rings is 1. The monoisotopic (exact) mass is 438 g/mol. The SMILES string of the molecule is C=CC(=O)N1Cc2sc(C)cc2C(c2ccccc2-c2cnc(CC)c3ccccc23)C1. The number of fused-ring (bicyclic) bond motifs is 2. The number of rotatable bonds is 4. The van der Waals surface area contributed by atoms with Crippen molar-refractivity contribution in [1.29, 1.82) is 0 Å². The highest BCUT2D eigenvalue weighted by Gasteiger charge is 2.31. The van der Waals surface area contributed by atoms with Crippen molar-refractivity contribution >= 4 is 28.0 Å². The van der Waals surface area contributed by atoms with Crippen LogP contribution in [0.25, 0.3) is 21.9 Å². The number of aryl methyl sites for hydroxylation is 2. The van der Waals surface area contributed by atoms with Crippen LogP contribution in [0.5, 0.6) is 0 Å². The second-order valence-corrected chi connectivity index (χ2v) is 9.66. The van der Waals surface area contributed by atoms with Gasteiger partial charge in [0.25, 0.3) is 0 Å². The van der Waals surface area contributed by atoms with Gasteiger partial charge in [-0.25, -0.2) is 0 Å². The molecule has 1 aliphatic heterocycles. The van der Waals surface area contributed by atoms with Gasteiger partial charge in [-0.05, 0) is 47.6 Å². The molecule has 0 saturated heterocycles. The van der Waals surface area contributed by atoms with Crippen molar-refractivity contribution in [1.82, 2.24) is 9.88 Å². The molecule has 1 atom stereocenters. The lowest BCUT2D eigenvalue weighted by molar-refractivity contribution is -0.127. The van der Waals surface area contributed by atoms with Gasteiger partial charge in [0.15, 0.2) is 0 Å². The highest BCUT2D eigenvalue weighted by atomic mass is 32.1. The molecule has 1 unspecified atom stereocenters. The first-order valence-electron chi connectivity index (χ1n) is 11.1. The third kappa shape index (κ3) is 3.45. The molecule has 0 fully saturated rings. The number of carbonyl (C=O) groups is 1. The van der Waals surface area contributed by atoms with E-state index in [2.05, 4.69) is 75.0 Å². The molecule has 1 amide bonds. The number of benzene rings is 2. The molecule has 1 aliphatic rings. The average molecular weight is 439 g/mol. The van der Waals surface area contributed by atoms with E-state index in [0.29, 0.717) is 13.1 Å². The van der Waals surface area contributed by atoms with Crippen LogP contribution in [0.15, 0.2) is 73.4 Å². The molecule has 2 aromatic carbocycles. The molecule has 4 heteroatoms. The maximum atomic E-state index is 12.6. The van der Waals surface area contributed by atoms with E-state index in [9.17, 15) is 4.79 Å². The maximum Gasteiger partial charge on any atom is 0.246 e. The third-order valence-electron chi connectivity index (χ3n) is 6.40. The summed E-state index contributed by atoms with van der Waals surface area (Å²) < 4.78 is 0. The van der Waals surface area contributed by atoms with Gasteiger partial charge in [-0.1, -0.05) is 62.0 Å². The van der Waals surface area contributed by atoms with Gasteiger partial charge in [-0.15, -0.1) is 11.3 Å². The second-order valence-electron chi connectivity index (χ2n) is 8.32. The molecule has 0 saturated carbocycles. The molecule has 0 aliphatic carbocycles. The Hall–Kier alpha value is -3.24. The topological polar surface area (TPSA) is 33.2 Å². The predicted octanol–water partition coefficient (Wildman–Crippen LogP) is 6.49. The van der Waals surface area contributed by atoms with Crippen LogP contribution in [0.2, 0.25) is 0 Å². The molecule has 5 rings (SSSR count). The van der Waals surface area contributed by atoms with E-state index in [1.54, 1.807) is 11.3 Å². The molecule has 0 N–H and O–H groups in total. The second kappa shape index (κ2) is 8.36. The summed E-state index contributed by atoms with van der Waals surface area (Å²) in [4.78, 5) is 21.9. The molecule has 3 nitrogen and oxygen atoms in total. The molecular weight excluding hydrogens is 412 g/mol. The van der Waals surface area contributed by atoms with Crippen molar-refractivity contribution < 1.29 is 4.79 Å². The summed E-state index contributed by atoms with van der Waals surface area (Å²) in [6.07, 6.45) is 4.35. The minimum Gasteiger partial charge on any atom is -0.333 e. The fourth-order valence-corrected chi connectivity index (χ4v) is 6.03. The zero-order valence-electron chi connectivity index (χ0n) is 18.5. The van der Waals surface area contributed by atoms with E-state index < -0.39 is 0 Å². The summed E-state index contributed by atoms with van der Waals surface area (Å²) in [5.41, 5.74) is 6.04. The Kier molecular flexibility index (Phi) is 5.40. The molecular formula is C28H26N2OS. The van der Waals surface area contributed by atoms with Crippen molar-refractivity contribution in [2.75, 3.05) is 6.54 Å². The normalized spacial score (nSPS) is 15.6. The first-order chi connectivity index (χ1) is 15.6. The molecule has 0 radical (unpaired) electrons. The summed E-state index contributed by atoms with van der Waals surface area (Å²) in [5.74, 6) is 0.108. The molecule has 0 spiro atoms. The van der Waals surface area contributed by atoms with E-state index in [4.69, 9.17) is 4.98 Å². The van der Waals surface area contributed by atoms with Gasteiger partial charge in [0.05, 0.1) is 6.54 Å². The van der Waals surface area contributed by atoms with Gasteiger partial charge in [0.2, 0.25) is 5.91 Å². The number of carbonyl (C=O) groups excluding carboxylic acids is 1. The number of nitrogens with zero attached hydrogens (tertiary/aromatic N) is 2. The minimum atomic E-state index is -0.0106. The zero-order chi connectivity index (χ0) is 22.2. The van der Waals surface area contributed by atoms with Gasteiger partial charge in [0.1, 0.15) is 0 Å². The standard InChI is InChI=1S/C28H26N2OS/c1-4-26-22-13-9-8-12-21(22)24(15-29-26)19-10-6-7-11-20(19)25-16-30(28(31)5-2)17-27-23(25)14-18(3)32-27/h5-15,25H,2,4,16-17H2,1,3H3. The average Bonchev–Trinajstić information content (AvgIpc) is 3.22. The quantitative estimate of drug-likeness (QED) is 0.341. The Morgan fingerprint density at radius 2 is 1.88 bits per heavy atom. The summed E-state index contributed by atoms with van der Waals surface area (Å²) >= 11 is 1.79. The molecule has 4 aromatic rings. The predicted molar refractivity (Wildman–Crippen MR) is 133 cm³/mol. The van der Waals surface area contributed by atoms with E-state index in [1.807, 2.05) is 11.1 Å². The van der Waals surface area contributed by atoms with Crippen LogP contribution in [-0.4, -0.2) is 22.3 Å². The molecule has 160 valence electrons. The van der Waals surface area contributed by atoms with Gasteiger partial charge >= 0.3 is 0 Å². The summed E-state index contributed by atoms with van der Waals surface area (Å²) in [6.45, 7) is 9.32. The van der Waals surface area contributed by atoms with Gasteiger partial charge < -0.3 is 4.90 Å². The van der Waals surface area contributed by atoms with Crippen molar-refractivity contribution in [2.24, 2.45) is 0 Å². The first-order valence-corrected chi connectivity index (χ1v) is 11.9. The van der Waals surface area contributed by atoms with E-state index >= 15 is 0 Å². The van der Waals surface area contributed by atoms with Crippen molar-refractivity contribution in [3.63, 3.8) is 0 Å².